The van der Waals surface area contributed by atoms with E-state index in [1.807, 2.05) is 0 Å². The lowest BCUT2D eigenvalue weighted by molar-refractivity contribution is -0.431. The topological polar surface area (TPSA) is 102 Å². The van der Waals surface area contributed by atoms with Gasteiger partial charge in [0.25, 0.3) is 5.70 Å². The Morgan fingerprint density at radius 2 is 1.96 bits per heavy atom. The molecule has 0 amide bonds. The highest BCUT2D eigenvalue weighted by Gasteiger charge is 2.41. The van der Waals surface area contributed by atoms with Crippen LogP contribution >= 0.6 is 0 Å². The van der Waals surface area contributed by atoms with Crippen molar-refractivity contribution in [3.05, 3.63) is 62.6 Å². The van der Waals surface area contributed by atoms with Crippen LogP contribution in [0.15, 0.2) is 46.9 Å². The van der Waals surface area contributed by atoms with Gasteiger partial charge in [-0.1, -0.05) is 18.2 Å². The van der Waals surface area contributed by atoms with Gasteiger partial charge in [-0.2, -0.15) is 8.78 Å². The quantitative estimate of drug-likeness (QED) is 0.631. The first kappa shape index (κ1) is 17.4. The molecule has 2 N–H and O–H groups in total. The summed E-state index contributed by atoms with van der Waals surface area (Å²) < 4.78 is 29.7. The van der Waals surface area contributed by atoms with Crippen LogP contribution < -0.4 is 10.1 Å². The van der Waals surface area contributed by atoms with E-state index in [1.54, 1.807) is 0 Å². The lowest BCUT2D eigenvalue weighted by Gasteiger charge is -2.26. The molecule has 7 nitrogen and oxygen atoms in total. The Morgan fingerprint density at radius 3 is 2.50 bits per heavy atom. The molecule has 0 spiro atoms. The molecular formula is C15H14F2N2O5. The van der Waals surface area contributed by atoms with Gasteiger partial charge in [-0.05, 0) is 19.9 Å². The number of aliphatic carboxylic acids is 1. The lowest BCUT2D eigenvalue weighted by Crippen LogP contribution is -2.31. The van der Waals surface area contributed by atoms with E-state index in [1.165, 1.54) is 38.1 Å². The van der Waals surface area contributed by atoms with Gasteiger partial charge in [0.05, 0.1) is 16.2 Å². The Balaban J connectivity index is 2.72. The fraction of sp³-hybridized carbons (Fsp3) is 0.267. The maximum atomic E-state index is 12.6. The number of hydrogen-bond acceptors (Lipinski definition) is 5. The third-order valence-electron chi connectivity index (χ3n) is 3.60. The lowest BCUT2D eigenvalue weighted by atomic mass is 9.83. The highest BCUT2D eigenvalue weighted by atomic mass is 19.3. The number of halogens is 2. The number of carbonyl (C=O) groups is 1. The average molecular weight is 340 g/mol. The standard InChI is InChI=1S/C15H14F2N2O5/c1-7-11(14(20)21)12(13(19(22)23)8(2)18-7)9-5-3-4-6-10(9)24-15(16)17/h3-6,12,15,18H,1-2H3,(H,20,21). The fourth-order valence-corrected chi connectivity index (χ4v) is 2.73. The van der Waals surface area contributed by atoms with Crippen molar-refractivity contribution in [1.82, 2.24) is 5.32 Å². The van der Waals surface area contributed by atoms with Crippen molar-refractivity contribution >= 4 is 5.97 Å². The van der Waals surface area contributed by atoms with Crippen molar-refractivity contribution in [3.63, 3.8) is 0 Å². The van der Waals surface area contributed by atoms with E-state index in [4.69, 9.17) is 0 Å². The fourth-order valence-electron chi connectivity index (χ4n) is 2.73. The highest BCUT2D eigenvalue weighted by Crippen LogP contribution is 2.42. The van der Waals surface area contributed by atoms with E-state index in [2.05, 4.69) is 10.1 Å². The van der Waals surface area contributed by atoms with Crippen LogP contribution in [0.1, 0.15) is 25.3 Å². The van der Waals surface area contributed by atoms with Crippen LogP contribution in [0.25, 0.3) is 0 Å². The number of benzene rings is 1. The van der Waals surface area contributed by atoms with Crippen molar-refractivity contribution in [2.24, 2.45) is 0 Å². The molecule has 1 aromatic carbocycles. The molecule has 0 saturated carbocycles. The summed E-state index contributed by atoms with van der Waals surface area (Å²) in [5.41, 5.74) is -0.398. The number of nitrogens with one attached hydrogen (secondary N) is 1. The smallest absolute Gasteiger partial charge is 0.387 e. The molecule has 1 aliphatic rings. The summed E-state index contributed by atoms with van der Waals surface area (Å²) in [4.78, 5) is 22.4. The van der Waals surface area contributed by atoms with E-state index in [0.29, 0.717) is 0 Å². The number of alkyl halides is 2. The molecular weight excluding hydrogens is 326 g/mol. The van der Waals surface area contributed by atoms with Crippen LogP contribution in [0, 0.1) is 10.1 Å². The van der Waals surface area contributed by atoms with Gasteiger partial charge in [-0.25, -0.2) is 4.79 Å². The van der Waals surface area contributed by atoms with Gasteiger partial charge in [0.1, 0.15) is 11.7 Å². The molecule has 1 aliphatic heterocycles. The predicted molar refractivity (Wildman–Crippen MR) is 79.0 cm³/mol. The minimum atomic E-state index is -3.14. The van der Waals surface area contributed by atoms with Gasteiger partial charge in [0.2, 0.25) is 0 Å². The van der Waals surface area contributed by atoms with E-state index in [0.717, 1.165) is 0 Å². The summed E-state index contributed by atoms with van der Waals surface area (Å²) in [6.45, 7) is -0.271. The number of carboxylic acid groups (broad SMARTS) is 1. The molecule has 0 saturated heterocycles. The second kappa shape index (κ2) is 6.65. The van der Waals surface area contributed by atoms with Gasteiger partial charge in [0.15, 0.2) is 0 Å². The second-order valence-corrected chi connectivity index (χ2v) is 5.09. The average Bonchev–Trinajstić information content (AvgIpc) is 2.45. The van der Waals surface area contributed by atoms with Gasteiger partial charge in [0, 0.05) is 11.3 Å². The van der Waals surface area contributed by atoms with E-state index >= 15 is 0 Å². The molecule has 2 rings (SSSR count). The van der Waals surface area contributed by atoms with Crippen molar-refractivity contribution < 1.29 is 28.3 Å². The minimum Gasteiger partial charge on any atom is -0.478 e. The van der Waals surface area contributed by atoms with Crippen LogP contribution in [-0.2, 0) is 4.79 Å². The molecule has 0 fully saturated rings. The Morgan fingerprint density at radius 1 is 1.33 bits per heavy atom. The van der Waals surface area contributed by atoms with Crippen LogP contribution in [0.5, 0.6) is 5.75 Å². The largest absolute Gasteiger partial charge is 0.478 e. The number of allylic oxidation sites excluding steroid dienone is 3. The molecule has 128 valence electrons. The zero-order valence-corrected chi connectivity index (χ0v) is 12.7. The summed E-state index contributed by atoms with van der Waals surface area (Å²) >= 11 is 0. The van der Waals surface area contributed by atoms with Gasteiger partial charge >= 0.3 is 12.6 Å². The molecule has 24 heavy (non-hydrogen) atoms. The molecule has 0 aliphatic carbocycles. The maximum absolute atomic E-state index is 12.6. The Bertz CT molecular complexity index is 722. The first-order valence-corrected chi connectivity index (χ1v) is 6.84. The Labute approximate surface area is 135 Å². The normalized spacial score (nSPS) is 17.8. The Kier molecular flexibility index (Phi) is 4.82. The maximum Gasteiger partial charge on any atom is 0.387 e. The second-order valence-electron chi connectivity index (χ2n) is 5.09. The number of hydrogen-bond donors (Lipinski definition) is 2. The molecule has 0 radical (unpaired) electrons. The number of rotatable bonds is 5. The molecule has 1 atom stereocenters. The number of para-hydroxylation sites is 1. The van der Waals surface area contributed by atoms with Crippen LogP contribution in [-0.4, -0.2) is 22.6 Å². The van der Waals surface area contributed by atoms with Crippen LogP contribution in [0.2, 0.25) is 0 Å². The summed E-state index contributed by atoms with van der Waals surface area (Å²) in [5.74, 6) is -3.03. The molecule has 1 aromatic rings. The molecule has 0 bridgehead atoms. The third kappa shape index (κ3) is 3.19. The number of nitro groups is 1. The monoisotopic (exact) mass is 340 g/mol. The highest BCUT2D eigenvalue weighted by molar-refractivity contribution is 5.91. The van der Waals surface area contributed by atoms with Crippen molar-refractivity contribution in [3.8, 4) is 5.75 Å². The molecule has 1 heterocycles. The molecule has 0 aromatic heterocycles. The zero-order chi connectivity index (χ0) is 18.0. The number of dihydropyridines is 1. The molecule has 9 heteroatoms. The zero-order valence-electron chi connectivity index (χ0n) is 12.7. The first-order valence-electron chi connectivity index (χ1n) is 6.84. The number of carboxylic acids is 1. The van der Waals surface area contributed by atoms with Crippen LogP contribution in [0.4, 0.5) is 8.78 Å². The predicted octanol–water partition coefficient (Wildman–Crippen LogP) is 2.84. The first-order chi connectivity index (χ1) is 11.2. The summed E-state index contributed by atoms with van der Waals surface area (Å²) in [5, 5.41) is 23.6. The number of ether oxygens (including phenoxy) is 1. The SMILES string of the molecule is CC1=C(C(=O)O)C(c2ccccc2OC(F)F)C([N+](=O)[O-])=C(C)N1. The van der Waals surface area contributed by atoms with Crippen molar-refractivity contribution in [1.29, 1.82) is 0 Å². The van der Waals surface area contributed by atoms with Crippen molar-refractivity contribution in [2.45, 2.75) is 26.4 Å². The van der Waals surface area contributed by atoms with E-state index in [-0.39, 0.29) is 28.3 Å². The van der Waals surface area contributed by atoms with E-state index in [9.17, 15) is 28.8 Å². The Hall–Kier alpha value is -2.97. The van der Waals surface area contributed by atoms with E-state index < -0.39 is 29.1 Å². The summed E-state index contributed by atoms with van der Waals surface area (Å²) in [6.07, 6.45) is 0. The molecule has 1 unspecified atom stereocenters. The number of nitrogens with zero attached hydrogens (tertiary/aromatic N) is 1. The third-order valence-corrected chi connectivity index (χ3v) is 3.60. The summed E-state index contributed by atoms with van der Waals surface area (Å²) in [7, 11) is 0. The van der Waals surface area contributed by atoms with Gasteiger partial charge in [-0.3, -0.25) is 10.1 Å². The van der Waals surface area contributed by atoms with Crippen molar-refractivity contribution in [2.75, 3.05) is 0 Å². The summed E-state index contributed by atoms with van der Waals surface area (Å²) in [6, 6.07) is 5.44. The van der Waals surface area contributed by atoms with Crippen LogP contribution in [0.3, 0.4) is 0 Å². The van der Waals surface area contributed by atoms with Gasteiger partial charge < -0.3 is 15.2 Å². The van der Waals surface area contributed by atoms with Gasteiger partial charge in [-0.15, -0.1) is 0 Å². The minimum absolute atomic E-state index is 0.0119.